The summed E-state index contributed by atoms with van der Waals surface area (Å²) in [5, 5.41) is 2.46. The standard InChI is InChI=1S/C29H33BrF2N2O4S/c1-28(2,3)38-27(35)34-24(15-17-13-18(31)16-19(32)14-17)26-25(30)22-8-6-7-21(22)23(33-26)11-12-29(4,5)39(36,37)20-9-10-20/h13-14,16,20,24H,6-10,15H2,1-5H3,(H,34,35). The maximum Gasteiger partial charge on any atom is 0.408 e. The highest BCUT2D eigenvalue weighted by Gasteiger charge is 2.45. The average molecular weight is 624 g/mol. The van der Waals surface area contributed by atoms with Crippen LogP contribution in [-0.2, 0) is 33.8 Å². The molecule has 1 heterocycles. The highest BCUT2D eigenvalue weighted by Crippen LogP contribution is 2.38. The smallest absolute Gasteiger partial charge is 0.408 e. The van der Waals surface area contributed by atoms with Crippen molar-refractivity contribution in [1.29, 1.82) is 0 Å². The number of ether oxygens (including phenoxy) is 1. The maximum atomic E-state index is 14.0. The Labute approximate surface area is 237 Å². The van der Waals surface area contributed by atoms with Gasteiger partial charge in [0.1, 0.15) is 27.7 Å². The molecular formula is C29H33BrF2N2O4S. The molecule has 1 fully saturated rings. The number of benzene rings is 1. The van der Waals surface area contributed by atoms with E-state index in [1.165, 1.54) is 12.1 Å². The number of sulfone groups is 1. The van der Waals surface area contributed by atoms with Gasteiger partial charge in [-0.2, -0.15) is 0 Å². The molecule has 4 rings (SSSR count). The number of hydrogen-bond acceptors (Lipinski definition) is 5. The van der Waals surface area contributed by atoms with Gasteiger partial charge >= 0.3 is 6.09 Å². The van der Waals surface area contributed by atoms with E-state index >= 15 is 0 Å². The number of hydrogen-bond donors (Lipinski definition) is 1. The van der Waals surface area contributed by atoms with E-state index < -0.39 is 44.0 Å². The Morgan fingerprint density at radius 2 is 1.74 bits per heavy atom. The van der Waals surface area contributed by atoms with Gasteiger partial charge in [-0.25, -0.2) is 27.0 Å². The second-order valence-corrected chi connectivity index (χ2v) is 15.2. The number of alkyl carbamates (subject to hydrolysis) is 1. The lowest BCUT2D eigenvalue weighted by Crippen LogP contribution is -2.36. The van der Waals surface area contributed by atoms with E-state index in [-0.39, 0.29) is 11.7 Å². The molecule has 10 heteroatoms. The number of pyridine rings is 1. The van der Waals surface area contributed by atoms with Crippen LogP contribution < -0.4 is 5.32 Å². The molecule has 1 saturated carbocycles. The van der Waals surface area contributed by atoms with Crippen LogP contribution in [0.1, 0.15) is 88.0 Å². The average Bonchev–Trinajstić information content (AvgIpc) is 3.54. The summed E-state index contributed by atoms with van der Waals surface area (Å²) in [4.78, 5) is 17.6. The Bertz CT molecular complexity index is 1450. The summed E-state index contributed by atoms with van der Waals surface area (Å²) in [5.74, 6) is 4.55. The Morgan fingerprint density at radius 3 is 2.33 bits per heavy atom. The van der Waals surface area contributed by atoms with Gasteiger partial charge in [0.25, 0.3) is 0 Å². The molecule has 1 aromatic heterocycles. The van der Waals surface area contributed by atoms with E-state index in [9.17, 15) is 22.0 Å². The Kier molecular flexibility index (Phi) is 8.17. The number of carbonyl (C=O) groups excluding carboxylic acids is 1. The van der Waals surface area contributed by atoms with Gasteiger partial charge in [-0.15, -0.1) is 0 Å². The molecule has 2 aliphatic rings. The third-order valence-corrected chi connectivity index (χ3v) is 10.5. The van der Waals surface area contributed by atoms with Crippen LogP contribution in [0.15, 0.2) is 22.7 Å². The van der Waals surface area contributed by atoms with Crippen molar-refractivity contribution in [2.24, 2.45) is 0 Å². The second-order valence-electron chi connectivity index (χ2n) is 11.7. The van der Waals surface area contributed by atoms with Crippen LogP contribution in [0.2, 0.25) is 0 Å². The van der Waals surface area contributed by atoms with Crippen molar-refractivity contribution in [3.8, 4) is 11.8 Å². The number of fused-ring (bicyclic) bond motifs is 1. The molecule has 39 heavy (non-hydrogen) atoms. The predicted molar refractivity (Wildman–Crippen MR) is 149 cm³/mol. The highest BCUT2D eigenvalue weighted by atomic mass is 79.9. The molecule has 2 aliphatic carbocycles. The van der Waals surface area contributed by atoms with Crippen molar-refractivity contribution < 1.29 is 26.7 Å². The zero-order valence-corrected chi connectivity index (χ0v) is 25.2. The minimum absolute atomic E-state index is 0.0345. The van der Waals surface area contributed by atoms with Crippen molar-refractivity contribution in [2.75, 3.05) is 0 Å². The Balaban J connectivity index is 1.79. The van der Waals surface area contributed by atoms with Crippen LogP contribution in [0, 0.1) is 23.5 Å². The number of aromatic nitrogens is 1. The van der Waals surface area contributed by atoms with Crippen LogP contribution in [-0.4, -0.2) is 35.1 Å². The van der Waals surface area contributed by atoms with Crippen molar-refractivity contribution in [3.05, 3.63) is 62.4 Å². The number of nitrogens with one attached hydrogen (secondary N) is 1. The van der Waals surface area contributed by atoms with E-state index in [0.29, 0.717) is 34.3 Å². The molecule has 0 bridgehead atoms. The molecule has 210 valence electrons. The largest absolute Gasteiger partial charge is 0.444 e. The normalized spacial score (nSPS) is 16.2. The number of nitrogens with zero attached hydrogens (tertiary/aromatic N) is 1. The van der Waals surface area contributed by atoms with E-state index in [1.807, 2.05) is 0 Å². The number of carbonyl (C=O) groups is 1. The van der Waals surface area contributed by atoms with Gasteiger partial charge in [-0.3, -0.25) is 0 Å². The van der Waals surface area contributed by atoms with Gasteiger partial charge in [0.15, 0.2) is 9.84 Å². The lowest BCUT2D eigenvalue weighted by Gasteiger charge is -2.25. The third kappa shape index (κ3) is 6.80. The minimum Gasteiger partial charge on any atom is -0.444 e. The molecule has 6 nitrogen and oxygen atoms in total. The molecule has 2 aromatic rings. The Morgan fingerprint density at radius 1 is 1.13 bits per heavy atom. The van der Waals surface area contributed by atoms with Crippen molar-refractivity contribution >= 4 is 31.9 Å². The molecule has 0 spiro atoms. The fourth-order valence-corrected chi connectivity index (χ4v) is 7.27. The fourth-order valence-electron chi connectivity index (χ4n) is 4.68. The van der Waals surface area contributed by atoms with Crippen LogP contribution in [0.25, 0.3) is 0 Å². The predicted octanol–water partition coefficient (Wildman–Crippen LogP) is 6.13. The van der Waals surface area contributed by atoms with Gasteiger partial charge in [0.2, 0.25) is 0 Å². The molecule has 1 atom stereocenters. The molecular weight excluding hydrogens is 590 g/mol. The van der Waals surface area contributed by atoms with Gasteiger partial charge in [-0.1, -0.05) is 5.92 Å². The van der Waals surface area contributed by atoms with Crippen molar-refractivity contribution in [3.63, 3.8) is 0 Å². The lowest BCUT2D eigenvalue weighted by molar-refractivity contribution is 0.0502. The van der Waals surface area contributed by atoms with Crippen LogP contribution in [0.4, 0.5) is 13.6 Å². The molecule has 1 aromatic carbocycles. The first-order valence-corrected chi connectivity index (χ1v) is 15.3. The number of halogens is 3. The Hall–Kier alpha value is -2.51. The van der Waals surface area contributed by atoms with Crippen LogP contribution >= 0.6 is 15.9 Å². The van der Waals surface area contributed by atoms with E-state index in [1.54, 1.807) is 34.6 Å². The zero-order valence-electron chi connectivity index (χ0n) is 22.8. The molecule has 0 aliphatic heterocycles. The van der Waals surface area contributed by atoms with E-state index in [0.717, 1.165) is 36.5 Å². The summed E-state index contributed by atoms with van der Waals surface area (Å²) >= 11 is 3.66. The second kappa shape index (κ2) is 10.8. The maximum absolute atomic E-state index is 14.0. The summed E-state index contributed by atoms with van der Waals surface area (Å²) in [5.41, 5.74) is 2.35. The van der Waals surface area contributed by atoms with E-state index in [4.69, 9.17) is 9.72 Å². The van der Waals surface area contributed by atoms with Crippen molar-refractivity contribution in [1.82, 2.24) is 10.3 Å². The van der Waals surface area contributed by atoms with Crippen LogP contribution in [0.3, 0.4) is 0 Å². The fraction of sp³-hybridized carbons (Fsp3) is 0.517. The first-order chi connectivity index (χ1) is 18.1. The van der Waals surface area contributed by atoms with E-state index in [2.05, 4.69) is 33.1 Å². The first kappa shape index (κ1) is 29.5. The number of rotatable bonds is 6. The molecule has 1 amide bonds. The number of amides is 1. The minimum atomic E-state index is -3.42. The summed E-state index contributed by atoms with van der Waals surface area (Å²) in [6.45, 7) is 8.42. The third-order valence-electron chi connectivity index (χ3n) is 6.77. The lowest BCUT2D eigenvalue weighted by atomic mass is 9.99. The van der Waals surface area contributed by atoms with Gasteiger partial charge < -0.3 is 10.1 Å². The molecule has 0 radical (unpaired) electrons. The zero-order chi connectivity index (χ0) is 28.8. The quantitative estimate of drug-likeness (QED) is 0.392. The molecule has 1 unspecified atom stereocenters. The van der Waals surface area contributed by atoms with Crippen LogP contribution in [0.5, 0.6) is 0 Å². The van der Waals surface area contributed by atoms with Gasteiger partial charge in [0.05, 0.1) is 17.0 Å². The summed E-state index contributed by atoms with van der Waals surface area (Å²) in [6.07, 6.45) is 2.99. The molecule has 1 N–H and O–H groups in total. The van der Waals surface area contributed by atoms with Crippen molar-refractivity contribution in [2.45, 2.75) is 94.8 Å². The van der Waals surface area contributed by atoms with Gasteiger partial charge in [0, 0.05) is 10.5 Å². The highest BCUT2D eigenvalue weighted by molar-refractivity contribution is 9.10. The summed E-state index contributed by atoms with van der Waals surface area (Å²) in [6, 6.07) is 2.39. The summed E-state index contributed by atoms with van der Waals surface area (Å²) < 4.78 is 58.8. The monoisotopic (exact) mass is 622 g/mol. The summed E-state index contributed by atoms with van der Waals surface area (Å²) in [7, 11) is -3.42. The van der Waals surface area contributed by atoms with Gasteiger partial charge in [-0.05, 0) is 124 Å². The first-order valence-electron chi connectivity index (χ1n) is 13.0. The SMILES string of the molecule is CC(C)(C)OC(=O)NC(Cc1cc(F)cc(F)c1)c1nc(C#CC(C)(C)S(=O)(=O)C2CC2)c2c(c1Br)CCC2. The topological polar surface area (TPSA) is 85.4 Å². The molecule has 0 saturated heterocycles.